The third kappa shape index (κ3) is 10.2. The van der Waals surface area contributed by atoms with E-state index in [1.807, 2.05) is 58.5 Å². The number of halogens is 1. The number of carbonyl (C=O) groups excluding carboxylic acids is 3. The molecule has 2 saturated heterocycles. The Morgan fingerprint density at radius 1 is 0.957 bits per heavy atom. The molecule has 5 fully saturated rings. The number of carbonyl (C=O) groups is 3. The van der Waals surface area contributed by atoms with Crippen LogP contribution in [0, 0.1) is 52.3 Å². The summed E-state index contributed by atoms with van der Waals surface area (Å²) in [4.78, 5) is 44.4. The van der Waals surface area contributed by atoms with Gasteiger partial charge in [-0.1, -0.05) is 47.6 Å². The summed E-state index contributed by atoms with van der Waals surface area (Å²) in [6.07, 6.45) is -3.93. The number of nitrogens with one attached hydrogen (secondary N) is 1. The molecule has 17 heteroatoms. The Hall–Kier alpha value is -2.42. The van der Waals surface area contributed by atoms with Crippen LogP contribution in [0.4, 0.5) is 4.39 Å². The minimum atomic E-state index is -1.96. The van der Waals surface area contributed by atoms with E-state index in [1.165, 1.54) is 26.0 Å². The van der Waals surface area contributed by atoms with Gasteiger partial charge in [0, 0.05) is 54.4 Å². The Balaban J connectivity index is 1.22. The highest BCUT2D eigenvalue weighted by Gasteiger charge is 2.71. The van der Waals surface area contributed by atoms with Crippen LogP contribution in [0.15, 0.2) is 23.8 Å². The first-order chi connectivity index (χ1) is 32.4. The number of esters is 1. The number of ether oxygens (including phenoxy) is 3. The van der Waals surface area contributed by atoms with Gasteiger partial charge in [0.05, 0.1) is 35.9 Å². The molecule has 0 bridgehead atoms. The number of nitrogens with zero attached hydrogens (tertiary/aromatic N) is 2. The van der Waals surface area contributed by atoms with E-state index in [0.717, 1.165) is 0 Å². The Bertz CT molecular complexity index is 1950. The predicted octanol–water partition coefficient (Wildman–Crippen LogP) is 3.06. The topological polar surface area (TPSA) is 239 Å². The van der Waals surface area contributed by atoms with Crippen LogP contribution in [0.3, 0.4) is 0 Å². The van der Waals surface area contributed by atoms with Gasteiger partial charge in [-0.3, -0.25) is 19.3 Å². The summed E-state index contributed by atoms with van der Waals surface area (Å²) in [7, 11) is 3.70. The summed E-state index contributed by atoms with van der Waals surface area (Å²) in [6, 6.07) is -1.09. The highest BCUT2D eigenvalue weighted by Crippen LogP contribution is 2.68. The molecule has 23 atom stereocenters. The SMILES string of the molecule is CC[C@H]1OC(=O)[C@H](C)[C@@H](O)[C@H](C)C(O[C@@H]2O[C@H](C)C[C@@H](N(C)C)[C@H]2O)[C@](C)(O)C[C@@H](C)CN(CCCNC(=O)[C@@]2(O)[C@H](C)CC3C4C[C@H](F)C5=CC(=O)C=C[C@]5(C)C4[C@@H](O)C[C@@]32C)[C@H](C)[C@@H](O)[C@]1(C)O. The van der Waals surface area contributed by atoms with E-state index in [4.69, 9.17) is 14.2 Å². The van der Waals surface area contributed by atoms with Crippen molar-refractivity contribution >= 4 is 17.7 Å². The highest BCUT2D eigenvalue weighted by molar-refractivity contribution is 6.01. The normalized spacial score (nSPS) is 49.7. The van der Waals surface area contributed by atoms with E-state index in [9.17, 15) is 50.1 Å². The lowest BCUT2D eigenvalue weighted by molar-refractivity contribution is -0.299. The second-order valence-electron chi connectivity index (χ2n) is 24.0. The Kier molecular flexibility index (Phi) is 17.1. The van der Waals surface area contributed by atoms with Crippen LogP contribution in [0.2, 0.25) is 0 Å². The zero-order valence-electron chi connectivity index (χ0n) is 44.0. The van der Waals surface area contributed by atoms with Crippen LogP contribution < -0.4 is 5.32 Å². The maximum atomic E-state index is 16.0. The largest absolute Gasteiger partial charge is 0.459 e. The molecule has 400 valence electrons. The van der Waals surface area contributed by atoms with E-state index >= 15 is 4.39 Å². The molecule has 0 spiro atoms. The highest BCUT2D eigenvalue weighted by atomic mass is 19.1. The average molecular weight is 994 g/mol. The monoisotopic (exact) mass is 994 g/mol. The number of alkyl halides is 1. The molecule has 4 unspecified atom stereocenters. The molecular weight excluding hydrogens is 906 g/mol. The Morgan fingerprint density at radius 3 is 2.24 bits per heavy atom. The van der Waals surface area contributed by atoms with Crippen molar-refractivity contribution in [1.29, 1.82) is 0 Å². The fraction of sp³-hybridized carbons (Fsp3) is 0.868. The molecule has 8 N–H and O–H groups in total. The summed E-state index contributed by atoms with van der Waals surface area (Å²) < 4.78 is 34.6. The number of rotatable bonds is 9. The molecule has 6 aliphatic rings. The zero-order valence-corrected chi connectivity index (χ0v) is 44.0. The fourth-order valence-electron chi connectivity index (χ4n) is 14.7. The minimum absolute atomic E-state index is 0.0826. The number of fused-ring (bicyclic) bond motifs is 5. The first-order valence-corrected chi connectivity index (χ1v) is 26.1. The van der Waals surface area contributed by atoms with Crippen molar-refractivity contribution in [2.75, 3.05) is 33.7 Å². The molecule has 0 aromatic carbocycles. The number of aliphatic hydroxyl groups is 7. The van der Waals surface area contributed by atoms with Crippen LogP contribution >= 0.6 is 0 Å². The quantitative estimate of drug-likeness (QED) is 0.122. The molecular formula is C53H88FN3O13. The maximum Gasteiger partial charge on any atom is 0.311 e. The summed E-state index contributed by atoms with van der Waals surface area (Å²) in [5, 5.41) is 87.3. The number of hydrogen-bond acceptors (Lipinski definition) is 15. The number of likely N-dealkylation sites (N-methyl/N-ethyl adjacent to an activating group) is 1. The van der Waals surface area contributed by atoms with E-state index in [-0.39, 0.29) is 81.0 Å². The van der Waals surface area contributed by atoms with Gasteiger partial charge in [0.25, 0.3) is 5.91 Å². The Labute approximate surface area is 415 Å². The molecule has 16 nitrogen and oxygen atoms in total. The third-order valence-electron chi connectivity index (χ3n) is 18.6. The third-order valence-corrected chi connectivity index (χ3v) is 18.6. The molecule has 0 aromatic heterocycles. The number of aliphatic hydroxyl groups excluding tert-OH is 4. The fourth-order valence-corrected chi connectivity index (χ4v) is 14.7. The van der Waals surface area contributed by atoms with Crippen LogP contribution in [-0.4, -0.2) is 181 Å². The standard InChI is InChI=1S/C53H88FN3O13/c1-14-40-52(11,66)44(62)32(7)57(26-27(2)24-51(10,65)45(30(5)42(60)31(6)46(63)69-40)70-47-43(61)38(56(12)13)21-29(4)68-47)19-15-18-55-48(64)53(67)28(3)20-35-34-23-37(54)36-22-33(58)16-17-49(36,8)41(34)39(59)25-50(35,53)9/h16-17,22,27-32,34-35,37-45,47,59-62,65-67H,14-15,18-21,23-26H2,1-13H3,(H,55,64)/t27-,28-,29-,30+,31-,32-,34?,35?,37+,38-,39+,40-,41?,42+,43-,44-,45?,47+,49+,50+,51-,52-,53+/m1/s1. The second-order valence-corrected chi connectivity index (χ2v) is 24.0. The van der Waals surface area contributed by atoms with Crippen molar-refractivity contribution in [3.63, 3.8) is 0 Å². The van der Waals surface area contributed by atoms with Gasteiger partial charge in [0.15, 0.2) is 17.7 Å². The van der Waals surface area contributed by atoms with Gasteiger partial charge >= 0.3 is 5.97 Å². The van der Waals surface area contributed by atoms with Gasteiger partial charge in [-0.2, -0.15) is 0 Å². The number of hydrogen-bond donors (Lipinski definition) is 8. The zero-order chi connectivity index (χ0) is 52.4. The van der Waals surface area contributed by atoms with E-state index < -0.39 is 118 Å². The van der Waals surface area contributed by atoms with Gasteiger partial charge in [0.1, 0.15) is 30.1 Å². The first-order valence-electron chi connectivity index (χ1n) is 26.1. The molecule has 0 radical (unpaired) electrons. The van der Waals surface area contributed by atoms with Crippen LogP contribution in [0.1, 0.15) is 121 Å². The number of allylic oxidation sites excluding steroid dienone is 4. The van der Waals surface area contributed by atoms with Crippen molar-refractivity contribution in [3.05, 3.63) is 23.8 Å². The molecule has 2 heterocycles. The first kappa shape index (κ1) is 56.9. The van der Waals surface area contributed by atoms with E-state index in [1.54, 1.807) is 33.8 Å². The van der Waals surface area contributed by atoms with Crippen molar-refractivity contribution in [2.24, 2.45) is 52.3 Å². The number of ketones is 1. The van der Waals surface area contributed by atoms with Gasteiger partial charge in [-0.15, -0.1) is 0 Å². The average Bonchev–Trinajstić information content (AvgIpc) is 3.48. The summed E-state index contributed by atoms with van der Waals surface area (Å²) in [5.74, 6) is -5.63. The number of amides is 1. The van der Waals surface area contributed by atoms with Crippen molar-refractivity contribution in [3.8, 4) is 0 Å². The van der Waals surface area contributed by atoms with Gasteiger partial charge in [-0.05, 0) is 135 Å². The maximum absolute atomic E-state index is 16.0. The molecule has 3 saturated carbocycles. The van der Waals surface area contributed by atoms with Gasteiger partial charge < -0.3 is 60.2 Å². The summed E-state index contributed by atoms with van der Waals surface area (Å²) in [5.41, 5.74) is -7.13. The lowest BCUT2D eigenvalue weighted by Gasteiger charge is -2.60. The minimum Gasteiger partial charge on any atom is -0.459 e. The van der Waals surface area contributed by atoms with E-state index in [2.05, 4.69) is 5.32 Å². The van der Waals surface area contributed by atoms with Gasteiger partial charge in [-0.25, -0.2) is 4.39 Å². The molecule has 2 aliphatic heterocycles. The van der Waals surface area contributed by atoms with Crippen LogP contribution in [0.25, 0.3) is 0 Å². The van der Waals surface area contributed by atoms with Crippen molar-refractivity contribution < 1.29 is 68.7 Å². The molecule has 4 aliphatic carbocycles. The van der Waals surface area contributed by atoms with Crippen molar-refractivity contribution in [1.82, 2.24) is 15.1 Å². The number of cyclic esters (lactones) is 1. The lowest BCUT2D eigenvalue weighted by atomic mass is 9.46. The van der Waals surface area contributed by atoms with Crippen LogP contribution in [0.5, 0.6) is 0 Å². The lowest BCUT2D eigenvalue weighted by Crippen LogP contribution is -2.65. The predicted molar refractivity (Wildman–Crippen MR) is 259 cm³/mol. The van der Waals surface area contributed by atoms with Gasteiger partial charge in [0.2, 0.25) is 0 Å². The Morgan fingerprint density at radius 2 is 1.61 bits per heavy atom. The van der Waals surface area contributed by atoms with Crippen LogP contribution in [-0.2, 0) is 28.6 Å². The smallest absolute Gasteiger partial charge is 0.311 e. The molecule has 0 aromatic rings. The second kappa shape index (κ2) is 21.1. The van der Waals surface area contributed by atoms with E-state index in [0.29, 0.717) is 24.8 Å². The molecule has 70 heavy (non-hydrogen) atoms. The van der Waals surface area contributed by atoms with Crippen molar-refractivity contribution in [2.45, 2.75) is 205 Å². The molecule has 6 rings (SSSR count). The molecule has 1 amide bonds. The summed E-state index contributed by atoms with van der Waals surface area (Å²) >= 11 is 0. The summed E-state index contributed by atoms with van der Waals surface area (Å²) in [6.45, 7) is 19.6.